The summed E-state index contributed by atoms with van der Waals surface area (Å²) in [4.78, 5) is 76.1. The van der Waals surface area contributed by atoms with E-state index in [2.05, 4.69) is 40.1 Å². The number of nitrogens with one attached hydrogen (secondary N) is 2. The lowest BCUT2D eigenvalue weighted by Crippen LogP contribution is -2.38. The summed E-state index contributed by atoms with van der Waals surface area (Å²) in [7, 11) is 0. The van der Waals surface area contributed by atoms with E-state index in [1.165, 1.54) is 49.8 Å². The molecule has 5 rings (SSSR count). The number of amides is 5. The molecule has 0 bridgehead atoms. The van der Waals surface area contributed by atoms with Crippen LogP contribution in [-0.4, -0.2) is 61.7 Å². The number of Topliss-reactive ketones (excluding diaryl/α,β-unsaturated/α-hetero) is 1. The number of rotatable bonds is 31. The molecule has 5 aromatic rings. The maximum Gasteiger partial charge on any atom is 0.417 e. The van der Waals surface area contributed by atoms with Gasteiger partial charge in [-0.25, -0.2) is 24.5 Å². The molecule has 2 aromatic heterocycles. The van der Waals surface area contributed by atoms with Crippen LogP contribution in [0.15, 0.2) is 72.8 Å². The number of unbranched alkanes of at least 4 members (excludes halogenated alkanes) is 11. The fourth-order valence-electron chi connectivity index (χ4n) is 8.83. The number of anilines is 2. The van der Waals surface area contributed by atoms with Gasteiger partial charge in [-0.15, -0.1) is 0 Å². The molecule has 0 saturated carbocycles. The van der Waals surface area contributed by atoms with E-state index in [4.69, 9.17) is 26.9 Å². The van der Waals surface area contributed by atoms with Crippen LogP contribution in [0.5, 0.6) is 0 Å². The van der Waals surface area contributed by atoms with Crippen molar-refractivity contribution < 1.29 is 28.7 Å². The highest BCUT2D eigenvalue weighted by Crippen LogP contribution is 2.30. The summed E-state index contributed by atoms with van der Waals surface area (Å²) in [5.41, 5.74) is 23.2. The third-order valence-corrected chi connectivity index (χ3v) is 13.2. The van der Waals surface area contributed by atoms with Crippen LogP contribution < -0.4 is 27.8 Å². The molecule has 2 heterocycles. The lowest BCUT2D eigenvalue weighted by Gasteiger charge is -2.21. The zero-order chi connectivity index (χ0) is 51.1. The Bertz CT molecular complexity index is 2490. The Morgan fingerprint density at radius 1 is 0.746 bits per heavy atom. The maximum atomic E-state index is 13.9. The van der Waals surface area contributed by atoms with Crippen molar-refractivity contribution in [1.29, 1.82) is 0 Å². The lowest BCUT2D eigenvalue weighted by atomic mass is 9.90. The topological polar surface area (TPSA) is 231 Å². The third-order valence-electron chi connectivity index (χ3n) is 13.2. The first-order chi connectivity index (χ1) is 34.3. The number of benzene rings is 3. The van der Waals surface area contributed by atoms with Crippen molar-refractivity contribution in [2.75, 3.05) is 17.6 Å². The Kier molecular flexibility index (Phi) is 22.8. The first kappa shape index (κ1) is 55.6. The van der Waals surface area contributed by atoms with Crippen molar-refractivity contribution in [1.82, 2.24) is 24.8 Å². The molecule has 0 saturated heterocycles. The van der Waals surface area contributed by atoms with Crippen LogP contribution in [-0.2, 0) is 45.2 Å². The van der Waals surface area contributed by atoms with Gasteiger partial charge in [0.15, 0.2) is 11.6 Å². The monoisotopic (exact) mass is 974 g/mol. The molecule has 0 fully saturated rings. The second kappa shape index (κ2) is 29.1. The Morgan fingerprint density at radius 3 is 2.01 bits per heavy atom. The number of hydrogen-bond acceptors (Lipinski definition) is 10. The van der Waals surface area contributed by atoms with Crippen LogP contribution >= 0.6 is 0 Å². The molecule has 384 valence electrons. The fraction of sp³-hybridized carbons (Fsp3) is 0.518. The van der Waals surface area contributed by atoms with Gasteiger partial charge in [-0.2, -0.15) is 0 Å². The van der Waals surface area contributed by atoms with Gasteiger partial charge in [0.2, 0.25) is 11.8 Å². The summed E-state index contributed by atoms with van der Waals surface area (Å²) < 4.78 is 8.03. The number of carbonyl (C=O) groups excluding carboxylic acids is 5. The molecular formula is C56H79N9O6. The standard InChI is InChI=1S/C56H79N9O6/c1-5-7-9-10-11-12-13-14-15-16-17-25-49(67)65(37-41-28-26-40(27-29-41)36-64-48(24-8-6-2)63-51-52(64)45-22-18-19-23-46(45)62-53(51)58)56(70)71-38-42-30-32-44(33-31-42)61-54(68)43(21-20-34-60-55(59)69)35-47(66)50(57)39(3)4/h18-19,22-23,26-33,39,43,50H,5-17,20-21,24-25,34-38,57H2,1-4H3,(H2,58,62)(H,61,68)(H3,59,60,69)/t43-,50+/m1/s1. The van der Waals surface area contributed by atoms with Gasteiger partial charge in [0.25, 0.3) is 0 Å². The summed E-state index contributed by atoms with van der Waals surface area (Å²) in [5.74, 6) is -0.251. The zero-order valence-electron chi connectivity index (χ0n) is 42.7. The number of hydrogen-bond donors (Lipinski definition) is 5. The Balaban J connectivity index is 1.25. The number of pyridine rings is 1. The second-order valence-electron chi connectivity index (χ2n) is 19.3. The van der Waals surface area contributed by atoms with Crippen molar-refractivity contribution in [2.24, 2.45) is 23.3 Å². The number of primary amides is 1. The molecule has 15 nitrogen and oxygen atoms in total. The summed E-state index contributed by atoms with van der Waals surface area (Å²) in [5, 5.41) is 6.40. The van der Waals surface area contributed by atoms with Gasteiger partial charge < -0.3 is 37.1 Å². The number of nitrogens with zero attached hydrogens (tertiary/aromatic N) is 4. The summed E-state index contributed by atoms with van der Waals surface area (Å²) >= 11 is 0. The molecule has 0 spiro atoms. The number of nitrogens with two attached hydrogens (primary N) is 3. The molecule has 0 radical (unpaired) electrons. The summed E-state index contributed by atoms with van der Waals surface area (Å²) in [6.45, 7) is 8.88. The summed E-state index contributed by atoms with van der Waals surface area (Å²) in [6.07, 6.45) is 15.7. The minimum absolute atomic E-state index is 0.0387. The number of imidazole rings is 1. The fourth-order valence-corrected chi connectivity index (χ4v) is 8.83. The minimum atomic E-state index is -0.735. The number of aromatic nitrogens is 3. The van der Waals surface area contributed by atoms with E-state index in [-0.39, 0.29) is 56.1 Å². The predicted octanol–water partition coefficient (Wildman–Crippen LogP) is 10.9. The van der Waals surface area contributed by atoms with Gasteiger partial charge in [0.05, 0.1) is 23.6 Å². The van der Waals surface area contributed by atoms with Gasteiger partial charge in [-0.05, 0) is 66.5 Å². The Labute approximate surface area is 420 Å². The van der Waals surface area contributed by atoms with Crippen molar-refractivity contribution >= 4 is 63.2 Å². The molecule has 3 aromatic carbocycles. The van der Waals surface area contributed by atoms with Crippen LogP contribution in [0.2, 0.25) is 0 Å². The zero-order valence-corrected chi connectivity index (χ0v) is 42.7. The average Bonchev–Trinajstić information content (AvgIpc) is 3.73. The number of imide groups is 1. The van der Waals surface area contributed by atoms with Crippen molar-refractivity contribution in [3.63, 3.8) is 0 Å². The van der Waals surface area contributed by atoms with Gasteiger partial charge in [0.1, 0.15) is 17.9 Å². The second-order valence-corrected chi connectivity index (χ2v) is 19.3. The number of nitrogen functional groups attached to an aromatic ring is 1. The highest BCUT2D eigenvalue weighted by atomic mass is 16.6. The van der Waals surface area contributed by atoms with E-state index in [0.29, 0.717) is 48.4 Å². The number of ketones is 1. The van der Waals surface area contributed by atoms with E-state index < -0.39 is 24.1 Å². The number of ether oxygens (including phenoxy) is 1. The van der Waals surface area contributed by atoms with Gasteiger partial charge in [-0.3, -0.25) is 14.4 Å². The SMILES string of the molecule is CCCCCCCCCCCCCC(=O)N(Cc1ccc(Cn2c(CCCC)nc3c(N)nc4ccccc4c32)cc1)C(=O)OCc1ccc(NC(=O)[C@H](CCCNC(N)=O)CC(=O)[C@@H](N)C(C)C)cc1. The van der Waals surface area contributed by atoms with Gasteiger partial charge >= 0.3 is 12.1 Å². The molecule has 0 aliphatic rings. The highest BCUT2D eigenvalue weighted by molar-refractivity contribution is 6.06. The first-order valence-corrected chi connectivity index (χ1v) is 26.1. The van der Waals surface area contributed by atoms with Crippen molar-refractivity contribution in [3.8, 4) is 0 Å². The van der Waals surface area contributed by atoms with E-state index in [1.54, 1.807) is 24.3 Å². The molecular weight excluding hydrogens is 895 g/mol. The predicted molar refractivity (Wildman–Crippen MR) is 283 cm³/mol. The van der Waals surface area contributed by atoms with E-state index >= 15 is 0 Å². The quantitative estimate of drug-likeness (QED) is 0.0264. The molecule has 71 heavy (non-hydrogen) atoms. The number of fused-ring (bicyclic) bond motifs is 3. The van der Waals surface area contributed by atoms with Crippen LogP contribution in [0, 0.1) is 11.8 Å². The van der Waals surface area contributed by atoms with Crippen molar-refractivity contribution in [3.05, 3.63) is 95.3 Å². The summed E-state index contributed by atoms with van der Waals surface area (Å²) in [6, 6.07) is 21.4. The number of para-hydroxylation sites is 1. The van der Waals surface area contributed by atoms with E-state index in [1.807, 2.05) is 56.3 Å². The van der Waals surface area contributed by atoms with Crippen LogP contribution in [0.3, 0.4) is 0 Å². The molecule has 15 heteroatoms. The van der Waals surface area contributed by atoms with Gasteiger partial charge in [0, 0.05) is 49.3 Å². The molecule has 0 unspecified atom stereocenters. The molecule has 5 amide bonds. The van der Waals surface area contributed by atoms with E-state index in [0.717, 1.165) is 71.9 Å². The number of aryl methyl sites for hydroxylation is 1. The molecule has 0 aliphatic carbocycles. The molecule has 8 N–H and O–H groups in total. The molecule has 0 aliphatic heterocycles. The minimum Gasteiger partial charge on any atom is -0.444 e. The number of carbonyl (C=O) groups is 5. The van der Waals surface area contributed by atoms with Crippen molar-refractivity contribution in [2.45, 2.75) is 169 Å². The van der Waals surface area contributed by atoms with Crippen LogP contribution in [0.25, 0.3) is 21.9 Å². The number of urea groups is 1. The smallest absolute Gasteiger partial charge is 0.417 e. The molecule has 2 atom stereocenters. The lowest BCUT2D eigenvalue weighted by molar-refractivity contribution is -0.130. The average molecular weight is 974 g/mol. The van der Waals surface area contributed by atoms with Crippen LogP contribution in [0.1, 0.15) is 159 Å². The van der Waals surface area contributed by atoms with E-state index in [9.17, 15) is 24.0 Å². The van der Waals surface area contributed by atoms with Gasteiger partial charge in [-0.1, -0.05) is 153 Å². The third kappa shape index (κ3) is 17.5. The largest absolute Gasteiger partial charge is 0.444 e. The van der Waals surface area contributed by atoms with Crippen LogP contribution in [0.4, 0.5) is 21.1 Å². The Morgan fingerprint density at radius 2 is 1.37 bits per heavy atom. The first-order valence-electron chi connectivity index (χ1n) is 26.1. The maximum absolute atomic E-state index is 13.9. The highest BCUT2D eigenvalue weighted by Gasteiger charge is 2.27. The normalized spacial score (nSPS) is 12.3. The Hall–Kier alpha value is -6.35.